The smallest absolute Gasteiger partial charge is 0.271 e. The van der Waals surface area contributed by atoms with Crippen LogP contribution in [0.15, 0.2) is 71.9 Å². The lowest BCUT2D eigenvalue weighted by Crippen LogP contribution is -2.05. The van der Waals surface area contributed by atoms with Gasteiger partial charge in [-0.25, -0.2) is 4.98 Å². The summed E-state index contributed by atoms with van der Waals surface area (Å²) in [6.45, 7) is 2.07. The molecule has 0 fully saturated rings. The second kappa shape index (κ2) is 9.23. The first-order chi connectivity index (χ1) is 15.5. The molecule has 4 rings (SSSR count). The van der Waals surface area contributed by atoms with Crippen molar-refractivity contribution in [2.24, 2.45) is 0 Å². The number of carbonyl (C=O) groups excluding carboxylic acids is 1. The Hall–Kier alpha value is -3.65. The molecule has 0 radical (unpaired) electrons. The van der Waals surface area contributed by atoms with E-state index >= 15 is 0 Å². The highest BCUT2D eigenvalue weighted by Crippen LogP contribution is 2.34. The molecule has 4 aromatic rings. The maximum absolute atomic E-state index is 12.8. The zero-order valence-corrected chi connectivity index (χ0v) is 18.5. The number of para-hydroxylation sites is 2. The van der Waals surface area contributed by atoms with Gasteiger partial charge in [-0.3, -0.25) is 19.5 Å². The van der Waals surface area contributed by atoms with Gasteiger partial charge >= 0.3 is 0 Å². The fourth-order valence-electron chi connectivity index (χ4n) is 3.44. The van der Waals surface area contributed by atoms with Crippen molar-refractivity contribution in [3.63, 3.8) is 0 Å². The first kappa shape index (κ1) is 21.6. The monoisotopic (exact) mass is 447 g/mol. The average Bonchev–Trinajstić information content (AvgIpc) is 3.19. The molecule has 1 heterocycles. The molecule has 0 unspecified atom stereocenters. The van der Waals surface area contributed by atoms with Crippen LogP contribution in [0.3, 0.4) is 0 Å². The number of ketones is 1. The van der Waals surface area contributed by atoms with Gasteiger partial charge in [-0.05, 0) is 30.2 Å². The maximum Gasteiger partial charge on any atom is 0.271 e. The molecule has 0 N–H and O–H groups in total. The highest BCUT2D eigenvalue weighted by Gasteiger charge is 2.19. The molecule has 0 spiro atoms. The number of hydrogen-bond acceptors (Lipinski definition) is 6. The molecule has 8 heteroatoms. The number of imidazole rings is 1. The molecule has 0 aliphatic carbocycles. The minimum Gasteiger partial charge on any atom is -0.495 e. The van der Waals surface area contributed by atoms with Gasteiger partial charge in [0.25, 0.3) is 5.69 Å². The van der Waals surface area contributed by atoms with Crippen LogP contribution in [-0.2, 0) is 6.42 Å². The Morgan fingerprint density at radius 3 is 2.56 bits per heavy atom. The summed E-state index contributed by atoms with van der Waals surface area (Å²) in [5.41, 5.74) is 3.70. The molecule has 32 heavy (non-hydrogen) atoms. The Balaban J connectivity index is 1.73. The molecule has 0 aliphatic rings. The van der Waals surface area contributed by atoms with Crippen molar-refractivity contribution in [1.82, 2.24) is 9.55 Å². The second-order valence-corrected chi connectivity index (χ2v) is 8.04. The Kier molecular flexibility index (Phi) is 6.23. The molecule has 0 amide bonds. The molecule has 3 aromatic carbocycles. The Labute approximate surface area is 189 Å². The number of nitrogens with zero attached hydrogens (tertiary/aromatic N) is 3. The third kappa shape index (κ3) is 4.22. The van der Waals surface area contributed by atoms with Gasteiger partial charge in [0.2, 0.25) is 0 Å². The summed E-state index contributed by atoms with van der Waals surface area (Å²) in [5, 5.41) is 11.8. The molecule has 0 atom stereocenters. The molecular weight excluding hydrogens is 426 g/mol. The lowest BCUT2D eigenvalue weighted by atomic mass is 10.1. The van der Waals surface area contributed by atoms with Crippen LogP contribution >= 0.6 is 11.8 Å². The van der Waals surface area contributed by atoms with E-state index in [1.54, 1.807) is 13.2 Å². The van der Waals surface area contributed by atoms with E-state index in [0.29, 0.717) is 27.5 Å². The van der Waals surface area contributed by atoms with Crippen LogP contribution < -0.4 is 4.74 Å². The van der Waals surface area contributed by atoms with Gasteiger partial charge in [0.1, 0.15) is 5.75 Å². The van der Waals surface area contributed by atoms with Crippen LogP contribution in [0.5, 0.6) is 5.75 Å². The number of non-ortho nitro benzene ring substituents is 1. The topological polar surface area (TPSA) is 87.3 Å². The zero-order chi connectivity index (χ0) is 22.7. The van der Waals surface area contributed by atoms with Gasteiger partial charge in [0.15, 0.2) is 10.9 Å². The molecule has 7 nitrogen and oxygen atoms in total. The number of aromatic nitrogens is 2. The maximum atomic E-state index is 12.8. The second-order valence-electron chi connectivity index (χ2n) is 7.09. The van der Waals surface area contributed by atoms with Crippen LogP contribution in [0.2, 0.25) is 0 Å². The number of thioether (sulfide) groups is 1. The summed E-state index contributed by atoms with van der Waals surface area (Å²) < 4.78 is 7.39. The quantitative estimate of drug-likeness (QED) is 0.154. The predicted octanol–water partition coefficient (Wildman–Crippen LogP) is 5.48. The van der Waals surface area contributed by atoms with Crippen molar-refractivity contribution < 1.29 is 14.5 Å². The molecule has 162 valence electrons. The van der Waals surface area contributed by atoms with E-state index < -0.39 is 4.92 Å². The van der Waals surface area contributed by atoms with Crippen molar-refractivity contribution in [3.05, 3.63) is 88.0 Å². The SMILES string of the molecule is CCc1ccc(C(=O)CSc2nc3cc([N+](=O)[O-])ccc3n2-c2ccccc2OC)cc1. The van der Waals surface area contributed by atoms with Crippen LogP contribution in [0.4, 0.5) is 5.69 Å². The number of fused-ring (bicyclic) bond motifs is 1. The van der Waals surface area contributed by atoms with Gasteiger partial charge in [0, 0.05) is 17.7 Å². The lowest BCUT2D eigenvalue weighted by Gasteiger charge is -2.12. The van der Waals surface area contributed by atoms with E-state index in [-0.39, 0.29) is 17.2 Å². The lowest BCUT2D eigenvalue weighted by molar-refractivity contribution is -0.384. The van der Waals surface area contributed by atoms with E-state index in [1.807, 2.05) is 53.1 Å². The van der Waals surface area contributed by atoms with Gasteiger partial charge in [-0.1, -0.05) is 55.1 Å². The largest absolute Gasteiger partial charge is 0.495 e. The third-order valence-corrected chi connectivity index (χ3v) is 6.10. The number of carbonyl (C=O) groups is 1. The number of methoxy groups -OCH3 is 1. The van der Waals surface area contributed by atoms with Crippen LogP contribution in [0.1, 0.15) is 22.8 Å². The summed E-state index contributed by atoms with van der Waals surface area (Å²) in [4.78, 5) is 28.2. The third-order valence-electron chi connectivity index (χ3n) is 5.16. The number of nitro groups is 1. The van der Waals surface area contributed by atoms with Crippen LogP contribution in [-0.4, -0.2) is 33.1 Å². The van der Waals surface area contributed by atoms with Crippen molar-refractivity contribution in [2.75, 3.05) is 12.9 Å². The standard InChI is InChI=1S/C24H21N3O4S/c1-3-16-8-10-17(11-9-16)22(28)15-32-24-25-19-14-18(27(29)30)12-13-20(19)26(24)21-6-4-5-7-23(21)31-2/h4-14H,3,15H2,1-2H3. The fourth-order valence-corrected chi connectivity index (χ4v) is 4.36. The highest BCUT2D eigenvalue weighted by atomic mass is 32.2. The van der Waals surface area contributed by atoms with E-state index in [2.05, 4.69) is 11.9 Å². The van der Waals surface area contributed by atoms with Gasteiger partial charge in [-0.15, -0.1) is 0 Å². The van der Waals surface area contributed by atoms with Crippen molar-refractivity contribution in [2.45, 2.75) is 18.5 Å². The molecule has 0 bridgehead atoms. The Bertz CT molecular complexity index is 1300. The number of rotatable bonds is 8. The summed E-state index contributed by atoms with van der Waals surface area (Å²) >= 11 is 1.29. The van der Waals surface area contributed by atoms with Gasteiger partial charge < -0.3 is 4.74 Å². The summed E-state index contributed by atoms with van der Waals surface area (Å²) in [7, 11) is 1.58. The number of hydrogen-bond donors (Lipinski definition) is 0. The van der Waals surface area contributed by atoms with Crippen LogP contribution in [0.25, 0.3) is 16.7 Å². The van der Waals surface area contributed by atoms with Gasteiger partial charge in [0.05, 0.1) is 34.5 Å². The Morgan fingerprint density at radius 2 is 1.88 bits per heavy atom. The summed E-state index contributed by atoms with van der Waals surface area (Å²) in [5.74, 6) is 0.808. The van der Waals surface area contributed by atoms with Crippen molar-refractivity contribution >= 4 is 34.3 Å². The molecule has 0 aliphatic heterocycles. The molecule has 1 aromatic heterocycles. The number of nitro benzene ring substituents is 1. The number of benzene rings is 3. The molecular formula is C24H21N3O4S. The highest BCUT2D eigenvalue weighted by molar-refractivity contribution is 7.99. The number of aryl methyl sites for hydroxylation is 1. The normalized spacial score (nSPS) is 10.9. The number of ether oxygens (including phenoxy) is 1. The van der Waals surface area contributed by atoms with E-state index in [0.717, 1.165) is 12.1 Å². The minimum atomic E-state index is -0.447. The Morgan fingerprint density at radius 1 is 1.12 bits per heavy atom. The first-order valence-electron chi connectivity index (χ1n) is 10.1. The van der Waals surface area contributed by atoms with Crippen molar-refractivity contribution in [1.29, 1.82) is 0 Å². The van der Waals surface area contributed by atoms with E-state index in [4.69, 9.17) is 4.74 Å². The molecule has 0 saturated carbocycles. The van der Waals surface area contributed by atoms with E-state index in [9.17, 15) is 14.9 Å². The number of Topliss-reactive ketones (excluding diaryl/α,β-unsaturated/α-hetero) is 1. The summed E-state index contributed by atoms with van der Waals surface area (Å²) in [6.07, 6.45) is 0.915. The first-order valence-corrected chi connectivity index (χ1v) is 11.1. The van der Waals surface area contributed by atoms with E-state index in [1.165, 1.54) is 29.5 Å². The van der Waals surface area contributed by atoms with Crippen molar-refractivity contribution in [3.8, 4) is 11.4 Å². The zero-order valence-electron chi connectivity index (χ0n) is 17.6. The average molecular weight is 448 g/mol. The predicted molar refractivity (Wildman–Crippen MR) is 125 cm³/mol. The molecule has 0 saturated heterocycles. The van der Waals surface area contributed by atoms with Gasteiger partial charge in [-0.2, -0.15) is 0 Å². The fraction of sp³-hybridized carbons (Fsp3) is 0.167. The minimum absolute atomic E-state index is 0.0118. The summed E-state index contributed by atoms with van der Waals surface area (Å²) in [6, 6.07) is 19.6. The van der Waals surface area contributed by atoms with Crippen LogP contribution in [0, 0.1) is 10.1 Å².